The summed E-state index contributed by atoms with van der Waals surface area (Å²) in [6.07, 6.45) is 1.07. The van der Waals surface area contributed by atoms with Gasteiger partial charge in [-0.25, -0.2) is 26.9 Å². The van der Waals surface area contributed by atoms with Crippen LogP contribution in [0.1, 0.15) is 29.2 Å². The van der Waals surface area contributed by atoms with Crippen molar-refractivity contribution in [3.63, 3.8) is 0 Å². The molecule has 6 unspecified atom stereocenters. The number of fused-ring (bicyclic) bond motifs is 5. The van der Waals surface area contributed by atoms with Gasteiger partial charge in [-0.15, -0.1) is 34.5 Å². The standard InChI is InChI=1S/C35H21Cl2F5N2O5S/c36-34-12-20-18(7-8-19-22(20)31(47)43(30(19)46)13-14-4-3-11-50-14)23(17-9-10-21(45)16-6-2-1-5-15(16)17)35(34,37)33(49)44(32(34)48)29-27(41)25(39)24(38)26(40)28(29)42/h1-7,9-11,19-20,22-23,45H,8,12-13H2. The number of hydrogen-bond donors (Lipinski definition) is 1. The minimum atomic E-state index is -2.66. The Morgan fingerprint density at radius 2 is 1.46 bits per heavy atom. The molecule has 4 aromatic rings. The van der Waals surface area contributed by atoms with Gasteiger partial charge in [0.2, 0.25) is 17.6 Å². The third kappa shape index (κ3) is 4.08. The Bertz CT molecular complexity index is 2220. The molecule has 256 valence electrons. The van der Waals surface area contributed by atoms with Gasteiger partial charge in [-0.3, -0.25) is 24.1 Å². The number of hydrogen-bond acceptors (Lipinski definition) is 6. The number of alkyl halides is 2. The van der Waals surface area contributed by atoms with Crippen molar-refractivity contribution in [3.8, 4) is 5.75 Å². The highest BCUT2D eigenvalue weighted by Gasteiger charge is 2.77. The van der Waals surface area contributed by atoms with Gasteiger partial charge in [-0.2, -0.15) is 0 Å². The van der Waals surface area contributed by atoms with Gasteiger partial charge in [-0.1, -0.05) is 48.0 Å². The fourth-order valence-electron chi connectivity index (χ4n) is 8.25. The normalized spacial score (nSPS) is 29.1. The van der Waals surface area contributed by atoms with Crippen LogP contribution < -0.4 is 4.90 Å². The lowest BCUT2D eigenvalue weighted by molar-refractivity contribution is -0.141. The van der Waals surface area contributed by atoms with Crippen molar-refractivity contribution in [2.45, 2.75) is 35.1 Å². The number of benzene rings is 3. The lowest BCUT2D eigenvalue weighted by atomic mass is 9.56. The number of imide groups is 2. The molecule has 8 rings (SSSR count). The highest BCUT2D eigenvalue weighted by atomic mass is 35.5. The van der Waals surface area contributed by atoms with Crippen LogP contribution in [0.2, 0.25) is 0 Å². The van der Waals surface area contributed by atoms with Crippen LogP contribution in [-0.4, -0.2) is 43.4 Å². The maximum Gasteiger partial charge on any atom is 0.258 e. The topological polar surface area (TPSA) is 95.0 Å². The number of halogens is 7. The molecule has 4 aliphatic rings. The molecule has 0 bridgehead atoms. The second kappa shape index (κ2) is 11.1. The molecule has 2 saturated heterocycles. The summed E-state index contributed by atoms with van der Waals surface area (Å²) in [7, 11) is 0. The number of anilines is 1. The Hall–Kier alpha value is -4.33. The van der Waals surface area contributed by atoms with Crippen LogP contribution in [0, 0.1) is 46.8 Å². The third-order valence-electron chi connectivity index (χ3n) is 10.5. The van der Waals surface area contributed by atoms with E-state index in [1.165, 1.54) is 23.5 Å². The average molecular weight is 748 g/mol. The molecule has 3 heterocycles. The smallest absolute Gasteiger partial charge is 0.258 e. The van der Waals surface area contributed by atoms with Crippen LogP contribution >= 0.6 is 34.5 Å². The number of aromatic hydroxyl groups is 1. The van der Waals surface area contributed by atoms with Crippen LogP contribution in [0.4, 0.5) is 27.6 Å². The van der Waals surface area contributed by atoms with E-state index in [9.17, 15) is 37.5 Å². The van der Waals surface area contributed by atoms with E-state index in [2.05, 4.69) is 0 Å². The number of allylic oxidation sites excluding steroid dienone is 2. The molecule has 3 aromatic carbocycles. The molecule has 0 radical (unpaired) electrons. The van der Waals surface area contributed by atoms with Gasteiger partial charge in [0.25, 0.3) is 11.8 Å². The van der Waals surface area contributed by atoms with E-state index in [0.717, 1.165) is 9.78 Å². The molecule has 0 spiro atoms. The predicted molar refractivity (Wildman–Crippen MR) is 172 cm³/mol. The number of carbonyl (C=O) groups is 4. The van der Waals surface area contributed by atoms with Crippen molar-refractivity contribution in [2.75, 3.05) is 4.90 Å². The zero-order chi connectivity index (χ0) is 35.6. The molecule has 2 aliphatic heterocycles. The molecular weight excluding hydrogens is 726 g/mol. The van der Waals surface area contributed by atoms with E-state index in [-0.39, 0.29) is 29.2 Å². The van der Waals surface area contributed by atoms with Crippen molar-refractivity contribution < 1.29 is 46.2 Å². The predicted octanol–water partition coefficient (Wildman–Crippen LogP) is 7.07. The molecule has 1 saturated carbocycles. The number of phenolic OH excluding ortho intramolecular Hbond substituents is 1. The molecule has 2 aliphatic carbocycles. The maximum absolute atomic E-state index is 15.3. The van der Waals surface area contributed by atoms with Crippen molar-refractivity contribution in [1.82, 2.24) is 4.90 Å². The summed E-state index contributed by atoms with van der Waals surface area (Å²) in [5.41, 5.74) is -1.29. The van der Waals surface area contributed by atoms with E-state index in [4.69, 9.17) is 23.2 Å². The molecule has 7 nitrogen and oxygen atoms in total. The van der Waals surface area contributed by atoms with Crippen molar-refractivity contribution >= 4 is 74.6 Å². The first-order valence-corrected chi connectivity index (χ1v) is 16.9. The highest BCUT2D eigenvalue weighted by Crippen LogP contribution is 2.66. The van der Waals surface area contributed by atoms with E-state index < -0.39 is 98.2 Å². The van der Waals surface area contributed by atoms with Gasteiger partial charge in [-0.05, 0) is 47.2 Å². The summed E-state index contributed by atoms with van der Waals surface area (Å²) in [4.78, 5) is 53.1. The van der Waals surface area contributed by atoms with E-state index in [1.807, 2.05) is 0 Å². The molecule has 4 amide bonds. The Labute approximate surface area is 293 Å². The third-order valence-corrected chi connectivity index (χ3v) is 12.7. The van der Waals surface area contributed by atoms with Crippen molar-refractivity contribution in [2.24, 2.45) is 17.8 Å². The molecule has 50 heavy (non-hydrogen) atoms. The fourth-order valence-corrected chi connectivity index (χ4v) is 9.87. The summed E-state index contributed by atoms with van der Waals surface area (Å²) in [6, 6.07) is 12.7. The van der Waals surface area contributed by atoms with Gasteiger partial charge in [0.1, 0.15) is 11.4 Å². The van der Waals surface area contributed by atoms with Crippen LogP contribution in [-0.2, 0) is 25.7 Å². The van der Waals surface area contributed by atoms with E-state index in [1.54, 1.807) is 47.9 Å². The quantitative estimate of drug-likeness (QED) is 0.0603. The Balaban J connectivity index is 1.35. The first kappa shape index (κ1) is 32.9. The van der Waals surface area contributed by atoms with Gasteiger partial charge < -0.3 is 5.11 Å². The lowest BCUT2D eigenvalue weighted by Gasteiger charge is -2.51. The fraction of sp³-hybridized carbons (Fsp3) is 0.257. The van der Waals surface area contributed by atoms with Crippen LogP contribution in [0.25, 0.3) is 10.8 Å². The number of rotatable bonds is 4. The molecule has 3 fully saturated rings. The number of nitrogens with zero attached hydrogens (tertiary/aromatic N) is 2. The van der Waals surface area contributed by atoms with Crippen molar-refractivity contribution in [1.29, 1.82) is 0 Å². The summed E-state index contributed by atoms with van der Waals surface area (Å²) in [5.74, 6) is -21.0. The zero-order valence-corrected chi connectivity index (χ0v) is 27.6. The summed E-state index contributed by atoms with van der Waals surface area (Å²) in [6.45, 7) is -0.00663. The summed E-state index contributed by atoms with van der Waals surface area (Å²) in [5, 5.41) is 13.1. The molecule has 15 heteroatoms. The van der Waals surface area contributed by atoms with Crippen LogP contribution in [0.5, 0.6) is 5.75 Å². The highest BCUT2D eigenvalue weighted by molar-refractivity contribution is 7.09. The van der Waals surface area contributed by atoms with Gasteiger partial charge >= 0.3 is 0 Å². The van der Waals surface area contributed by atoms with Crippen LogP contribution in [0.15, 0.2) is 65.6 Å². The Morgan fingerprint density at radius 1 is 0.800 bits per heavy atom. The number of phenols is 1. The second-order valence-corrected chi connectivity index (χ2v) is 15.0. The maximum atomic E-state index is 15.3. The monoisotopic (exact) mass is 746 g/mol. The van der Waals surface area contributed by atoms with Gasteiger partial charge in [0.05, 0.1) is 18.4 Å². The Kier molecular flexibility index (Phi) is 7.28. The zero-order valence-electron chi connectivity index (χ0n) is 25.2. The lowest BCUT2D eigenvalue weighted by Crippen LogP contribution is -2.60. The SMILES string of the molecule is O=C1C2CC=C3C(CC4(Cl)C(=O)N(c5c(F)c(F)c(F)c(F)c5F)C(=O)C4(Cl)C3c3ccc(O)c4ccccc34)C2C(=O)N1Cc1cccs1. The van der Waals surface area contributed by atoms with Gasteiger partial charge in [0, 0.05) is 16.2 Å². The van der Waals surface area contributed by atoms with E-state index >= 15 is 8.78 Å². The summed E-state index contributed by atoms with van der Waals surface area (Å²) >= 11 is 15.8. The number of thiophene rings is 1. The minimum Gasteiger partial charge on any atom is -0.507 e. The first-order chi connectivity index (χ1) is 23.7. The molecular formula is C35H21Cl2F5N2O5S. The first-order valence-electron chi connectivity index (χ1n) is 15.3. The van der Waals surface area contributed by atoms with Gasteiger partial charge in [0.15, 0.2) is 33.0 Å². The van der Waals surface area contributed by atoms with E-state index in [0.29, 0.717) is 16.3 Å². The van der Waals surface area contributed by atoms with Crippen LogP contribution in [0.3, 0.4) is 0 Å². The number of likely N-dealkylation sites (tertiary alicyclic amines) is 1. The molecule has 1 N–H and O–H groups in total. The second-order valence-electron chi connectivity index (χ2n) is 12.8. The number of carbonyl (C=O) groups excluding carboxylic acids is 4. The van der Waals surface area contributed by atoms with Crippen molar-refractivity contribution in [3.05, 3.63) is 105 Å². The number of amides is 4. The minimum absolute atomic E-state index is 0.00663. The largest absolute Gasteiger partial charge is 0.507 e. The average Bonchev–Trinajstić information content (AvgIpc) is 3.75. The summed E-state index contributed by atoms with van der Waals surface area (Å²) < 4.78 is 73.6. The molecule has 1 aromatic heterocycles. The Morgan fingerprint density at radius 3 is 2.12 bits per heavy atom. The molecule has 6 atom stereocenters.